The molecule has 1 saturated heterocycles. The van der Waals surface area contributed by atoms with Gasteiger partial charge < -0.3 is 20.1 Å². The number of hydrogen-bond donors (Lipinski definition) is 2. The Bertz CT molecular complexity index is 525. The van der Waals surface area contributed by atoms with Gasteiger partial charge in [-0.25, -0.2) is 4.79 Å². The first-order valence-electron chi connectivity index (χ1n) is 6.79. The number of aromatic nitrogens is 1. The summed E-state index contributed by atoms with van der Waals surface area (Å²) in [5, 5.41) is 12.8. The number of anilines is 1. The summed E-state index contributed by atoms with van der Waals surface area (Å²) in [6.07, 6.45) is 1.86. The van der Waals surface area contributed by atoms with E-state index in [-0.39, 0.29) is 24.2 Å². The lowest BCUT2D eigenvalue weighted by Gasteiger charge is -2.24. The van der Waals surface area contributed by atoms with Gasteiger partial charge in [-0.1, -0.05) is 0 Å². The van der Waals surface area contributed by atoms with Crippen LogP contribution in [0.2, 0.25) is 0 Å². The molecule has 2 N–H and O–H groups in total. The first-order chi connectivity index (χ1) is 10.0. The van der Waals surface area contributed by atoms with E-state index in [9.17, 15) is 14.7 Å². The SMILES string of the molecule is Cc1nsc(N(C)C(=O)COC2CCNCC2)c1C(=O)O. The summed E-state index contributed by atoms with van der Waals surface area (Å²) in [6, 6.07) is 0. The van der Waals surface area contributed by atoms with Gasteiger partial charge in [0.1, 0.15) is 17.2 Å². The van der Waals surface area contributed by atoms with Gasteiger partial charge >= 0.3 is 5.97 Å². The summed E-state index contributed by atoms with van der Waals surface area (Å²) in [4.78, 5) is 24.7. The molecule has 0 unspecified atom stereocenters. The summed E-state index contributed by atoms with van der Waals surface area (Å²) in [5.74, 6) is -1.34. The van der Waals surface area contributed by atoms with E-state index in [1.54, 1.807) is 14.0 Å². The van der Waals surface area contributed by atoms with Crippen molar-refractivity contribution in [1.82, 2.24) is 9.69 Å². The van der Waals surface area contributed by atoms with Crippen LogP contribution in [0.3, 0.4) is 0 Å². The number of amides is 1. The number of aryl methyl sites for hydroxylation is 1. The fraction of sp³-hybridized carbons (Fsp3) is 0.615. The average Bonchev–Trinajstić information content (AvgIpc) is 2.87. The van der Waals surface area contributed by atoms with E-state index in [1.165, 1.54) is 4.90 Å². The molecule has 2 heterocycles. The number of rotatable bonds is 5. The minimum absolute atomic E-state index is 0.0445. The third-order valence-corrected chi connectivity index (χ3v) is 4.48. The van der Waals surface area contributed by atoms with Crippen molar-refractivity contribution in [3.8, 4) is 0 Å². The molecule has 1 aliphatic heterocycles. The number of hydrogen-bond acceptors (Lipinski definition) is 6. The van der Waals surface area contributed by atoms with Crippen LogP contribution in [0.25, 0.3) is 0 Å². The highest BCUT2D eigenvalue weighted by Crippen LogP contribution is 2.27. The van der Waals surface area contributed by atoms with Crippen molar-refractivity contribution in [2.24, 2.45) is 0 Å². The molecular weight excluding hydrogens is 294 g/mol. The molecule has 0 atom stereocenters. The lowest BCUT2D eigenvalue weighted by molar-refractivity contribution is -0.125. The Balaban J connectivity index is 1.97. The number of ether oxygens (including phenoxy) is 1. The van der Waals surface area contributed by atoms with Crippen LogP contribution in [0, 0.1) is 6.92 Å². The molecule has 1 aromatic heterocycles. The van der Waals surface area contributed by atoms with E-state index in [4.69, 9.17) is 4.74 Å². The van der Waals surface area contributed by atoms with Gasteiger partial charge in [-0.3, -0.25) is 4.79 Å². The zero-order chi connectivity index (χ0) is 15.4. The molecular formula is C13H19N3O4S. The van der Waals surface area contributed by atoms with E-state index in [0.29, 0.717) is 10.7 Å². The number of carbonyl (C=O) groups excluding carboxylic acids is 1. The lowest BCUT2D eigenvalue weighted by atomic mass is 10.1. The van der Waals surface area contributed by atoms with E-state index >= 15 is 0 Å². The van der Waals surface area contributed by atoms with Crippen LogP contribution in [0.1, 0.15) is 28.9 Å². The Morgan fingerprint density at radius 2 is 2.14 bits per heavy atom. The number of nitrogens with zero attached hydrogens (tertiary/aromatic N) is 2. The van der Waals surface area contributed by atoms with E-state index in [1.807, 2.05) is 0 Å². The number of nitrogens with one attached hydrogen (secondary N) is 1. The van der Waals surface area contributed by atoms with Crippen LogP contribution in [-0.4, -0.2) is 54.2 Å². The summed E-state index contributed by atoms with van der Waals surface area (Å²) in [7, 11) is 1.55. The van der Waals surface area contributed by atoms with Crippen molar-refractivity contribution in [2.75, 3.05) is 31.6 Å². The summed E-state index contributed by atoms with van der Waals surface area (Å²) in [6.45, 7) is 3.36. The lowest BCUT2D eigenvalue weighted by Crippen LogP contribution is -2.36. The molecule has 0 spiro atoms. The van der Waals surface area contributed by atoms with Crippen molar-refractivity contribution in [3.63, 3.8) is 0 Å². The predicted octanol–water partition coefficient (Wildman–Crippen LogP) is 0.881. The molecule has 0 radical (unpaired) electrons. The van der Waals surface area contributed by atoms with Gasteiger partial charge in [-0.15, -0.1) is 0 Å². The zero-order valence-corrected chi connectivity index (χ0v) is 12.9. The Kier molecular flexibility index (Phi) is 5.27. The molecule has 0 bridgehead atoms. The summed E-state index contributed by atoms with van der Waals surface area (Å²) in [5.41, 5.74) is 0.499. The molecule has 0 saturated carbocycles. The topological polar surface area (TPSA) is 91.8 Å². The first kappa shape index (κ1) is 15.9. The molecule has 1 aromatic rings. The van der Waals surface area contributed by atoms with Crippen LogP contribution in [-0.2, 0) is 9.53 Å². The van der Waals surface area contributed by atoms with Gasteiger partial charge in [0, 0.05) is 7.05 Å². The van der Waals surface area contributed by atoms with Crippen LogP contribution in [0.4, 0.5) is 5.00 Å². The van der Waals surface area contributed by atoms with E-state index in [0.717, 1.165) is 37.5 Å². The molecule has 1 aliphatic rings. The molecule has 0 aromatic carbocycles. The fourth-order valence-electron chi connectivity index (χ4n) is 2.19. The summed E-state index contributed by atoms with van der Waals surface area (Å²) < 4.78 is 9.61. The second kappa shape index (κ2) is 6.97. The molecule has 2 rings (SSSR count). The minimum Gasteiger partial charge on any atom is -0.478 e. The second-order valence-electron chi connectivity index (χ2n) is 4.97. The maximum absolute atomic E-state index is 12.1. The van der Waals surface area contributed by atoms with Gasteiger partial charge in [0.05, 0.1) is 11.8 Å². The highest BCUT2D eigenvalue weighted by Gasteiger charge is 2.24. The van der Waals surface area contributed by atoms with Crippen molar-refractivity contribution < 1.29 is 19.4 Å². The third kappa shape index (κ3) is 3.78. The van der Waals surface area contributed by atoms with Crippen molar-refractivity contribution in [3.05, 3.63) is 11.3 Å². The average molecular weight is 313 g/mol. The van der Waals surface area contributed by atoms with Gasteiger partial charge in [0.25, 0.3) is 5.91 Å². The third-order valence-electron chi connectivity index (χ3n) is 3.47. The smallest absolute Gasteiger partial charge is 0.340 e. The number of carbonyl (C=O) groups is 2. The molecule has 8 heteroatoms. The zero-order valence-electron chi connectivity index (χ0n) is 12.1. The van der Waals surface area contributed by atoms with Crippen LogP contribution < -0.4 is 10.2 Å². The Hall–Kier alpha value is -1.51. The molecule has 1 amide bonds. The highest BCUT2D eigenvalue weighted by molar-refractivity contribution is 7.11. The van der Waals surface area contributed by atoms with Gasteiger partial charge in [0.2, 0.25) is 0 Å². The maximum atomic E-state index is 12.1. The molecule has 1 fully saturated rings. The van der Waals surface area contributed by atoms with Crippen LogP contribution in [0.5, 0.6) is 0 Å². The fourth-order valence-corrected chi connectivity index (χ4v) is 3.06. The standard InChI is InChI=1S/C13H19N3O4S/c1-8-11(13(18)19)12(21-15-8)16(2)10(17)7-20-9-3-5-14-6-4-9/h9,14H,3-7H2,1-2H3,(H,18,19). The van der Waals surface area contributed by atoms with Gasteiger partial charge in [0.15, 0.2) is 0 Å². The predicted molar refractivity (Wildman–Crippen MR) is 79.1 cm³/mol. The van der Waals surface area contributed by atoms with Crippen molar-refractivity contribution >= 4 is 28.4 Å². The van der Waals surface area contributed by atoms with E-state index < -0.39 is 5.97 Å². The Labute approximate surface area is 127 Å². The number of carboxylic acid groups (broad SMARTS) is 1. The van der Waals surface area contributed by atoms with Crippen molar-refractivity contribution in [2.45, 2.75) is 25.9 Å². The number of carboxylic acids is 1. The quantitative estimate of drug-likeness (QED) is 0.838. The first-order valence-corrected chi connectivity index (χ1v) is 7.56. The largest absolute Gasteiger partial charge is 0.478 e. The van der Waals surface area contributed by atoms with E-state index in [2.05, 4.69) is 9.69 Å². The number of aromatic carboxylic acids is 1. The second-order valence-corrected chi connectivity index (χ2v) is 5.72. The highest BCUT2D eigenvalue weighted by atomic mass is 32.1. The van der Waals surface area contributed by atoms with Crippen molar-refractivity contribution in [1.29, 1.82) is 0 Å². The summed E-state index contributed by atoms with van der Waals surface area (Å²) >= 11 is 1.01. The molecule has 116 valence electrons. The normalized spacial score (nSPS) is 15.9. The Morgan fingerprint density at radius 3 is 2.76 bits per heavy atom. The monoisotopic (exact) mass is 313 g/mol. The molecule has 21 heavy (non-hydrogen) atoms. The van der Waals surface area contributed by atoms with Crippen LogP contribution >= 0.6 is 11.5 Å². The molecule has 7 nitrogen and oxygen atoms in total. The number of piperidine rings is 1. The maximum Gasteiger partial charge on any atom is 0.340 e. The molecule has 0 aliphatic carbocycles. The van der Waals surface area contributed by atoms with Crippen LogP contribution in [0.15, 0.2) is 0 Å². The number of likely N-dealkylation sites (N-methyl/N-ethyl adjacent to an activating group) is 1. The van der Waals surface area contributed by atoms with Gasteiger partial charge in [-0.05, 0) is 44.4 Å². The Morgan fingerprint density at radius 1 is 1.48 bits per heavy atom. The minimum atomic E-state index is -1.07. The van der Waals surface area contributed by atoms with Gasteiger partial charge in [-0.2, -0.15) is 4.37 Å².